The number of benzene rings is 1. The van der Waals surface area contributed by atoms with Gasteiger partial charge >= 0.3 is 0 Å². The van der Waals surface area contributed by atoms with E-state index in [1.807, 2.05) is 25.1 Å². The lowest BCUT2D eigenvalue weighted by molar-refractivity contribution is -0.123. The molecule has 1 aliphatic rings. The lowest BCUT2D eigenvalue weighted by atomic mass is 10.2. The third-order valence-corrected chi connectivity index (χ3v) is 3.73. The summed E-state index contributed by atoms with van der Waals surface area (Å²) in [6.45, 7) is 2.37. The standard InChI is InChI=1S/C15H20BrN3O2/c1-10-7-11(16)3-6-13(10)18-15(21)9-19(2)8-14(20)17-12-4-5-12/h3,6-7,12H,4-5,8-9H2,1-2H3,(H,17,20)(H,18,21). The average molecular weight is 354 g/mol. The van der Waals surface area contributed by atoms with E-state index in [1.165, 1.54) is 0 Å². The zero-order valence-electron chi connectivity index (χ0n) is 12.3. The van der Waals surface area contributed by atoms with E-state index in [0.29, 0.717) is 6.04 Å². The van der Waals surface area contributed by atoms with E-state index >= 15 is 0 Å². The van der Waals surface area contributed by atoms with Gasteiger partial charge in [-0.1, -0.05) is 15.9 Å². The summed E-state index contributed by atoms with van der Waals surface area (Å²) in [5.74, 6) is -0.144. The van der Waals surface area contributed by atoms with Gasteiger partial charge in [-0.05, 0) is 50.6 Å². The number of nitrogens with zero attached hydrogens (tertiary/aromatic N) is 1. The van der Waals surface area contributed by atoms with Gasteiger partial charge in [0, 0.05) is 16.2 Å². The molecule has 1 aliphatic carbocycles. The van der Waals surface area contributed by atoms with Crippen LogP contribution in [0.4, 0.5) is 5.69 Å². The Morgan fingerprint density at radius 1 is 1.29 bits per heavy atom. The molecule has 1 aromatic carbocycles. The maximum Gasteiger partial charge on any atom is 0.238 e. The monoisotopic (exact) mass is 353 g/mol. The predicted octanol–water partition coefficient (Wildman–Crippen LogP) is 1.91. The van der Waals surface area contributed by atoms with E-state index in [4.69, 9.17) is 0 Å². The molecule has 2 N–H and O–H groups in total. The Balaban J connectivity index is 1.78. The van der Waals surface area contributed by atoms with Crippen LogP contribution in [0.5, 0.6) is 0 Å². The van der Waals surface area contributed by atoms with Gasteiger partial charge in [-0.2, -0.15) is 0 Å². The molecule has 2 rings (SSSR count). The summed E-state index contributed by atoms with van der Waals surface area (Å²) in [6, 6.07) is 6.04. The third kappa shape index (κ3) is 5.47. The van der Waals surface area contributed by atoms with Gasteiger partial charge in [0.2, 0.25) is 11.8 Å². The van der Waals surface area contributed by atoms with Gasteiger partial charge in [-0.15, -0.1) is 0 Å². The topological polar surface area (TPSA) is 61.4 Å². The van der Waals surface area contributed by atoms with Gasteiger partial charge in [-0.25, -0.2) is 0 Å². The molecule has 1 saturated carbocycles. The van der Waals surface area contributed by atoms with Crippen molar-refractivity contribution in [2.75, 3.05) is 25.5 Å². The number of carbonyl (C=O) groups excluding carboxylic acids is 2. The SMILES string of the molecule is Cc1cc(Br)ccc1NC(=O)CN(C)CC(=O)NC1CC1. The molecule has 0 spiro atoms. The van der Waals surface area contributed by atoms with Crippen molar-refractivity contribution in [3.63, 3.8) is 0 Å². The van der Waals surface area contributed by atoms with E-state index in [0.717, 1.165) is 28.6 Å². The van der Waals surface area contributed by atoms with Crippen molar-refractivity contribution in [3.05, 3.63) is 28.2 Å². The van der Waals surface area contributed by atoms with Crippen LogP contribution in [0.3, 0.4) is 0 Å². The molecule has 1 aromatic rings. The number of carbonyl (C=O) groups is 2. The van der Waals surface area contributed by atoms with E-state index in [2.05, 4.69) is 26.6 Å². The van der Waals surface area contributed by atoms with Crippen LogP contribution < -0.4 is 10.6 Å². The van der Waals surface area contributed by atoms with Crippen LogP contribution in [0.25, 0.3) is 0 Å². The highest BCUT2D eigenvalue weighted by atomic mass is 79.9. The second-order valence-electron chi connectivity index (χ2n) is 5.52. The Bertz CT molecular complexity index is 544. The summed E-state index contributed by atoms with van der Waals surface area (Å²) in [5.41, 5.74) is 1.78. The maximum atomic E-state index is 12.0. The van der Waals surface area contributed by atoms with Crippen LogP contribution in [-0.2, 0) is 9.59 Å². The highest BCUT2D eigenvalue weighted by Gasteiger charge is 2.23. The highest BCUT2D eigenvalue weighted by Crippen LogP contribution is 2.20. The van der Waals surface area contributed by atoms with Crippen LogP contribution in [0.2, 0.25) is 0 Å². The minimum absolute atomic E-state index is 0.0207. The minimum Gasteiger partial charge on any atom is -0.352 e. The summed E-state index contributed by atoms with van der Waals surface area (Å²) < 4.78 is 0.979. The average Bonchev–Trinajstić information content (AvgIpc) is 3.16. The van der Waals surface area contributed by atoms with Gasteiger partial charge in [0.1, 0.15) is 0 Å². The molecule has 0 atom stereocenters. The third-order valence-electron chi connectivity index (χ3n) is 3.23. The molecular weight excluding hydrogens is 334 g/mol. The van der Waals surface area contributed by atoms with E-state index in [1.54, 1.807) is 11.9 Å². The maximum absolute atomic E-state index is 12.0. The van der Waals surface area contributed by atoms with Gasteiger partial charge < -0.3 is 10.6 Å². The molecule has 0 aromatic heterocycles. The number of halogens is 1. The first kappa shape index (κ1) is 16.0. The molecule has 21 heavy (non-hydrogen) atoms. The smallest absolute Gasteiger partial charge is 0.238 e. The second kappa shape index (κ2) is 7.04. The quantitative estimate of drug-likeness (QED) is 0.821. The van der Waals surface area contributed by atoms with Crippen molar-refractivity contribution >= 4 is 33.4 Å². The number of amides is 2. The van der Waals surface area contributed by atoms with Crippen LogP contribution in [0.15, 0.2) is 22.7 Å². The van der Waals surface area contributed by atoms with E-state index in [9.17, 15) is 9.59 Å². The number of nitrogens with one attached hydrogen (secondary N) is 2. The van der Waals surface area contributed by atoms with Gasteiger partial charge in [0.25, 0.3) is 0 Å². The summed E-state index contributed by atoms with van der Waals surface area (Å²) in [6.07, 6.45) is 2.14. The number of rotatable bonds is 6. The van der Waals surface area contributed by atoms with Crippen molar-refractivity contribution in [2.45, 2.75) is 25.8 Å². The molecule has 114 valence electrons. The molecule has 5 nitrogen and oxygen atoms in total. The molecule has 6 heteroatoms. The van der Waals surface area contributed by atoms with Crippen molar-refractivity contribution in [2.24, 2.45) is 0 Å². The van der Waals surface area contributed by atoms with Crippen LogP contribution in [0.1, 0.15) is 18.4 Å². The van der Waals surface area contributed by atoms with Gasteiger partial charge in [0.05, 0.1) is 13.1 Å². The molecular formula is C15H20BrN3O2. The fraction of sp³-hybridized carbons (Fsp3) is 0.467. The fourth-order valence-corrected chi connectivity index (χ4v) is 2.48. The van der Waals surface area contributed by atoms with Crippen molar-refractivity contribution in [3.8, 4) is 0 Å². The van der Waals surface area contributed by atoms with Crippen LogP contribution in [-0.4, -0.2) is 42.9 Å². The number of hydrogen-bond acceptors (Lipinski definition) is 3. The Morgan fingerprint density at radius 3 is 2.57 bits per heavy atom. The zero-order valence-corrected chi connectivity index (χ0v) is 13.9. The van der Waals surface area contributed by atoms with E-state index < -0.39 is 0 Å². The largest absolute Gasteiger partial charge is 0.352 e. The lowest BCUT2D eigenvalue weighted by Gasteiger charge is -2.16. The van der Waals surface area contributed by atoms with Crippen molar-refractivity contribution < 1.29 is 9.59 Å². The molecule has 0 heterocycles. The number of hydrogen-bond donors (Lipinski definition) is 2. The van der Waals surface area contributed by atoms with Crippen molar-refractivity contribution in [1.82, 2.24) is 10.2 Å². The number of likely N-dealkylation sites (N-methyl/N-ethyl adjacent to an activating group) is 1. The van der Waals surface area contributed by atoms with Gasteiger partial charge in [0.15, 0.2) is 0 Å². The zero-order chi connectivity index (χ0) is 15.4. The summed E-state index contributed by atoms with van der Waals surface area (Å²) in [4.78, 5) is 25.3. The fourth-order valence-electron chi connectivity index (χ4n) is 2.00. The number of aryl methyl sites for hydroxylation is 1. The first-order valence-corrected chi connectivity index (χ1v) is 7.77. The first-order valence-electron chi connectivity index (χ1n) is 6.98. The summed E-state index contributed by atoms with van der Waals surface area (Å²) in [7, 11) is 1.76. The predicted molar refractivity (Wildman–Crippen MR) is 86.2 cm³/mol. The molecule has 0 unspecified atom stereocenters. The Labute approximate surface area is 133 Å². The van der Waals surface area contributed by atoms with Gasteiger partial charge in [-0.3, -0.25) is 14.5 Å². The Kier molecular flexibility index (Phi) is 5.36. The lowest BCUT2D eigenvalue weighted by Crippen LogP contribution is -2.39. The molecule has 0 saturated heterocycles. The molecule has 0 bridgehead atoms. The normalized spacial score (nSPS) is 14.1. The second-order valence-corrected chi connectivity index (χ2v) is 6.44. The number of anilines is 1. The molecule has 0 aliphatic heterocycles. The van der Waals surface area contributed by atoms with Crippen LogP contribution in [0, 0.1) is 6.92 Å². The molecule has 2 amide bonds. The van der Waals surface area contributed by atoms with Crippen molar-refractivity contribution in [1.29, 1.82) is 0 Å². The highest BCUT2D eigenvalue weighted by molar-refractivity contribution is 9.10. The van der Waals surface area contributed by atoms with Crippen LogP contribution >= 0.6 is 15.9 Å². The summed E-state index contributed by atoms with van der Waals surface area (Å²) >= 11 is 3.39. The summed E-state index contributed by atoms with van der Waals surface area (Å²) in [5, 5.41) is 5.77. The minimum atomic E-state index is -0.123. The van der Waals surface area contributed by atoms with E-state index in [-0.39, 0.29) is 24.9 Å². The Morgan fingerprint density at radius 2 is 1.95 bits per heavy atom. The Hall–Kier alpha value is -1.40. The molecule has 1 fully saturated rings. The first-order chi connectivity index (χ1) is 9.94. The molecule has 0 radical (unpaired) electrons.